The second-order valence-electron chi connectivity index (χ2n) is 3.59. The van der Waals surface area contributed by atoms with Gasteiger partial charge in [0.15, 0.2) is 5.60 Å². The molecule has 0 aliphatic heterocycles. The van der Waals surface area contributed by atoms with Gasteiger partial charge in [0.2, 0.25) is 0 Å². The zero-order chi connectivity index (χ0) is 13.3. The van der Waals surface area contributed by atoms with E-state index in [4.69, 9.17) is 9.84 Å². The van der Waals surface area contributed by atoms with Crippen LogP contribution in [0.3, 0.4) is 0 Å². The Balaban J connectivity index is 3.46. The van der Waals surface area contributed by atoms with Gasteiger partial charge < -0.3 is 9.84 Å². The normalized spacial score (nSPS) is 15.4. The molecule has 94 valence electrons. The summed E-state index contributed by atoms with van der Waals surface area (Å²) in [5.41, 5.74) is -3.44. The third-order valence-corrected chi connectivity index (χ3v) is 2.56. The van der Waals surface area contributed by atoms with Gasteiger partial charge in [-0.15, -0.1) is 0 Å². The first-order valence-electron chi connectivity index (χ1n) is 4.68. The second-order valence-corrected chi connectivity index (χ2v) is 3.59. The van der Waals surface area contributed by atoms with Gasteiger partial charge in [0.1, 0.15) is 0 Å². The lowest BCUT2D eigenvalue weighted by molar-refractivity contribution is -0.164. The maximum atomic E-state index is 12.7. The molecule has 0 aromatic heterocycles. The smallest absolute Gasteiger partial charge is 0.416 e. The van der Waals surface area contributed by atoms with Gasteiger partial charge in [0, 0.05) is 12.7 Å². The zero-order valence-corrected chi connectivity index (χ0v) is 9.21. The number of rotatable bonds is 3. The SMILES string of the molecule is COC(C)(C(=O)O)c1ccccc1C(F)(F)F. The van der Waals surface area contributed by atoms with Gasteiger partial charge in [0.25, 0.3) is 0 Å². The fourth-order valence-electron chi connectivity index (χ4n) is 1.46. The Kier molecular flexibility index (Phi) is 3.47. The fourth-order valence-corrected chi connectivity index (χ4v) is 1.46. The number of hydrogen-bond acceptors (Lipinski definition) is 2. The standard InChI is InChI=1S/C11H11F3O3/c1-10(17-2,9(15)16)7-5-3-4-6-8(7)11(12,13)14/h3-6H,1-2H3,(H,15,16). The Morgan fingerprint density at radius 1 is 1.24 bits per heavy atom. The molecule has 3 nitrogen and oxygen atoms in total. The summed E-state index contributed by atoms with van der Waals surface area (Å²) in [4.78, 5) is 11.0. The Morgan fingerprint density at radius 2 is 1.71 bits per heavy atom. The maximum absolute atomic E-state index is 12.7. The van der Waals surface area contributed by atoms with Crippen LogP contribution in [0, 0.1) is 0 Å². The van der Waals surface area contributed by atoms with Crippen molar-refractivity contribution < 1.29 is 27.8 Å². The molecule has 1 unspecified atom stereocenters. The number of carboxylic acids is 1. The fraction of sp³-hybridized carbons (Fsp3) is 0.364. The molecule has 17 heavy (non-hydrogen) atoms. The number of halogens is 3. The minimum absolute atomic E-state index is 0.414. The highest BCUT2D eigenvalue weighted by Gasteiger charge is 2.43. The molecule has 0 radical (unpaired) electrons. The monoisotopic (exact) mass is 248 g/mol. The number of methoxy groups -OCH3 is 1. The summed E-state index contributed by atoms with van der Waals surface area (Å²) in [5.74, 6) is -1.48. The number of alkyl halides is 3. The van der Waals surface area contributed by atoms with Crippen LogP contribution < -0.4 is 0 Å². The van der Waals surface area contributed by atoms with E-state index in [1.807, 2.05) is 0 Å². The van der Waals surface area contributed by atoms with Gasteiger partial charge in [-0.2, -0.15) is 13.2 Å². The molecule has 0 saturated carbocycles. The first-order valence-corrected chi connectivity index (χ1v) is 4.68. The quantitative estimate of drug-likeness (QED) is 0.894. The predicted molar refractivity (Wildman–Crippen MR) is 53.4 cm³/mol. The Bertz CT molecular complexity index is 428. The highest BCUT2D eigenvalue weighted by molar-refractivity contribution is 5.79. The summed E-state index contributed by atoms with van der Waals surface area (Å²) in [6.07, 6.45) is -4.62. The molecule has 1 aromatic rings. The van der Waals surface area contributed by atoms with E-state index in [2.05, 4.69) is 0 Å². The van der Waals surface area contributed by atoms with E-state index in [-0.39, 0.29) is 0 Å². The molecular weight excluding hydrogens is 237 g/mol. The van der Waals surface area contributed by atoms with Crippen molar-refractivity contribution >= 4 is 5.97 Å². The number of carbonyl (C=O) groups is 1. The molecule has 0 amide bonds. The van der Waals surface area contributed by atoms with Gasteiger partial charge in [-0.05, 0) is 13.0 Å². The van der Waals surface area contributed by atoms with Crippen LogP contribution in [0.15, 0.2) is 24.3 Å². The third-order valence-electron chi connectivity index (χ3n) is 2.56. The van der Waals surface area contributed by atoms with Crippen LogP contribution in [0.25, 0.3) is 0 Å². The van der Waals surface area contributed by atoms with Gasteiger partial charge in [-0.3, -0.25) is 0 Å². The first-order chi connectivity index (χ1) is 7.73. The average molecular weight is 248 g/mol. The number of carboxylic acid groups (broad SMARTS) is 1. The maximum Gasteiger partial charge on any atom is 0.416 e. The van der Waals surface area contributed by atoms with Crippen molar-refractivity contribution in [2.75, 3.05) is 7.11 Å². The van der Waals surface area contributed by atoms with Crippen molar-refractivity contribution in [3.63, 3.8) is 0 Å². The molecule has 0 aliphatic rings. The van der Waals surface area contributed by atoms with Crippen LogP contribution in [0.1, 0.15) is 18.1 Å². The van der Waals surface area contributed by atoms with Crippen LogP contribution in [-0.4, -0.2) is 18.2 Å². The van der Waals surface area contributed by atoms with E-state index in [0.717, 1.165) is 26.2 Å². The zero-order valence-electron chi connectivity index (χ0n) is 9.21. The van der Waals surface area contributed by atoms with Gasteiger partial charge in [-0.25, -0.2) is 4.79 Å². The molecular formula is C11H11F3O3. The number of benzene rings is 1. The van der Waals surface area contributed by atoms with E-state index in [1.54, 1.807) is 0 Å². The lowest BCUT2D eigenvalue weighted by Crippen LogP contribution is -2.36. The van der Waals surface area contributed by atoms with Crippen LogP contribution in [-0.2, 0) is 21.3 Å². The van der Waals surface area contributed by atoms with Crippen molar-refractivity contribution in [3.05, 3.63) is 35.4 Å². The van der Waals surface area contributed by atoms with Gasteiger partial charge >= 0.3 is 12.1 Å². The topological polar surface area (TPSA) is 46.5 Å². The van der Waals surface area contributed by atoms with E-state index >= 15 is 0 Å². The molecule has 0 saturated heterocycles. The minimum Gasteiger partial charge on any atom is -0.479 e. The van der Waals surface area contributed by atoms with Crippen molar-refractivity contribution in [1.29, 1.82) is 0 Å². The van der Waals surface area contributed by atoms with E-state index in [0.29, 0.717) is 0 Å². The van der Waals surface area contributed by atoms with E-state index in [1.165, 1.54) is 12.1 Å². The third kappa shape index (κ3) is 2.41. The summed E-state index contributed by atoms with van der Waals surface area (Å²) in [5, 5.41) is 8.98. The average Bonchev–Trinajstić information content (AvgIpc) is 2.26. The first kappa shape index (κ1) is 13.5. The molecule has 0 aliphatic carbocycles. The molecule has 1 atom stereocenters. The molecule has 0 heterocycles. The Hall–Kier alpha value is -1.56. The lowest BCUT2D eigenvalue weighted by atomic mass is 9.91. The lowest BCUT2D eigenvalue weighted by Gasteiger charge is -2.26. The Labute approximate surface area is 95.8 Å². The van der Waals surface area contributed by atoms with E-state index < -0.39 is 28.9 Å². The van der Waals surface area contributed by atoms with Crippen LogP contribution in [0.4, 0.5) is 13.2 Å². The summed E-state index contributed by atoms with van der Waals surface area (Å²) >= 11 is 0. The molecule has 0 bridgehead atoms. The van der Waals surface area contributed by atoms with Crippen LogP contribution in [0.5, 0.6) is 0 Å². The van der Waals surface area contributed by atoms with E-state index in [9.17, 15) is 18.0 Å². The van der Waals surface area contributed by atoms with Gasteiger partial charge in [-0.1, -0.05) is 18.2 Å². The molecule has 1 N–H and O–H groups in total. The van der Waals surface area contributed by atoms with Crippen molar-refractivity contribution in [1.82, 2.24) is 0 Å². The van der Waals surface area contributed by atoms with Crippen LogP contribution in [0.2, 0.25) is 0 Å². The summed E-state index contributed by atoms with van der Waals surface area (Å²) in [6.45, 7) is 1.08. The Morgan fingerprint density at radius 3 is 2.06 bits per heavy atom. The predicted octanol–water partition coefficient (Wildman–Crippen LogP) is 2.65. The second kappa shape index (κ2) is 4.37. The number of hydrogen-bond donors (Lipinski definition) is 1. The van der Waals surface area contributed by atoms with Crippen LogP contribution >= 0.6 is 0 Å². The summed E-state index contributed by atoms with van der Waals surface area (Å²) < 4.78 is 42.9. The molecule has 1 rings (SSSR count). The molecule has 1 aromatic carbocycles. The highest BCUT2D eigenvalue weighted by atomic mass is 19.4. The summed E-state index contributed by atoms with van der Waals surface area (Å²) in [7, 11) is 1.06. The van der Waals surface area contributed by atoms with Crippen molar-refractivity contribution in [3.8, 4) is 0 Å². The molecule has 0 spiro atoms. The number of aliphatic carboxylic acids is 1. The largest absolute Gasteiger partial charge is 0.479 e. The molecule has 0 fully saturated rings. The van der Waals surface area contributed by atoms with Crippen molar-refractivity contribution in [2.24, 2.45) is 0 Å². The minimum atomic E-state index is -4.62. The summed E-state index contributed by atoms with van der Waals surface area (Å²) in [6, 6.07) is 4.46. The van der Waals surface area contributed by atoms with Crippen molar-refractivity contribution in [2.45, 2.75) is 18.7 Å². The number of ether oxygens (including phenoxy) is 1. The molecule has 6 heteroatoms. The highest BCUT2D eigenvalue weighted by Crippen LogP contribution is 2.37. The van der Waals surface area contributed by atoms with Gasteiger partial charge in [0.05, 0.1) is 5.56 Å².